The largest absolute Gasteiger partial charge is 0.467 e. The lowest BCUT2D eigenvalue weighted by molar-refractivity contribution is 0.365. The second-order valence-corrected chi connectivity index (χ2v) is 7.08. The molecule has 0 saturated carbocycles. The molecule has 0 aliphatic rings. The van der Waals surface area contributed by atoms with Crippen LogP contribution in [0.2, 0.25) is 0 Å². The summed E-state index contributed by atoms with van der Waals surface area (Å²) in [5, 5.41) is 7.55. The lowest BCUT2D eigenvalue weighted by Gasteiger charge is -2.02. The maximum absolute atomic E-state index is 12.4. The van der Waals surface area contributed by atoms with Crippen molar-refractivity contribution in [2.45, 2.75) is 12.1 Å². The van der Waals surface area contributed by atoms with E-state index in [0.29, 0.717) is 15.8 Å². The van der Waals surface area contributed by atoms with Crippen molar-refractivity contribution in [3.63, 3.8) is 0 Å². The van der Waals surface area contributed by atoms with E-state index in [-0.39, 0.29) is 11.8 Å². The lowest BCUT2D eigenvalue weighted by atomic mass is 10.4. The van der Waals surface area contributed by atoms with Gasteiger partial charge in [-0.25, -0.2) is 4.98 Å². The third kappa shape index (κ3) is 2.86. The zero-order valence-corrected chi connectivity index (χ0v) is 14.8. The van der Waals surface area contributed by atoms with Crippen LogP contribution in [0.15, 0.2) is 21.9 Å². The van der Waals surface area contributed by atoms with Crippen molar-refractivity contribution in [3.05, 3.63) is 22.4 Å². The average Bonchev–Trinajstić information content (AvgIpc) is 3.01. The van der Waals surface area contributed by atoms with Crippen molar-refractivity contribution in [2.24, 2.45) is 7.05 Å². The van der Waals surface area contributed by atoms with E-state index in [1.807, 2.05) is 0 Å². The molecule has 3 aromatic heterocycles. The Morgan fingerprint density at radius 2 is 2.04 bits per heavy atom. The van der Waals surface area contributed by atoms with Gasteiger partial charge in [0.2, 0.25) is 0 Å². The minimum atomic E-state index is -4.00. The van der Waals surface area contributed by atoms with Crippen molar-refractivity contribution in [1.29, 1.82) is 0 Å². The van der Waals surface area contributed by atoms with Gasteiger partial charge in [-0.05, 0) is 22.9 Å². The zero-order chi connectivity index (χ0) is 16.8. The molecule has 23 heavy (non-hydrogen) atoms. The molecule has 0 fully saturated rings. The van der Waals surface area contributed by atoms with Gasteiger partial charge in [0, 0.05) is 25.0 Å². The van der Waals surface area contributed by atoms with E-state index < -0.39 is 15.2 Å². The SMILES string of the molecule is COc1nc(C)cc2nc(S(=O)(=O)Nc3nn(C)cc3Br)nn12. The van der Waals surface area contributed by atoms with Crippen LogP contribution in [0.4, 0.5) is 5.82 Å². The Hall–Kier alpha value is -2.21. The van der Waals surface area contributed by atoms with Gasteiger partial charge in [0.15, 0.2) is 11.5 Å². The van der Waals surface area contributed by atoms with E-state index in [0.717, 1.165) is 0 Å². The predicted octanol–water partition coefficient (Wildman–Crippen LogP) is 0.738. The maximum atomic E-state index is 12.4. The number of hydrogen-bond acceptors (Lipinski definition) is 7. The van der Waals surface area contributed by atoms with Crippen LogP contribution in [0.25, 0.3) is 5.65 Å². The first-order valence-corrected chi connectivity index (χ1v) is 8.58. The van der Waals surface area contributed by atoms with Crippen LogP contribution < -0.4 is 9.46 Å². The van der Waals surface area contributed by atoms with Crippen LogP contribution in [0.5, 0.6) is 6.01 Å². The number of ether oxygens (including phenoxy) is 1. The molecule has 0 saturated heterocycles. The van der Waals surface area contributed by atoms with Gasteiger partial charge in [-0.15, -0.1) is 5.10 Å². The topological polar surface area (TPSA) is 116 Å². The molecule has 122 valence electrons. The van der Waals surface area contributed by atoms with Gasteiger partial charge < -0.3 is 4.74 Å². The third-order valence-electron chi connectivity index (χ3n) is 2.84. The van der Waals surface area contributed by atoms with Gasteiger partial charge in [-0.2, -0.15) is 23.0 Å². The molecule has 0 unspecified atom stereocenters. The number of fused-ring (bicyclic) bond motifs is 1. The fourth-order valence-corrected chi connectivity index (χ4v) is 3.41. The van der Waals surface area contributed by atoms with Gasteiger partial charge in [-0.1, -0.05) is 0 Å². The highest BCUT2D eigenvalue weighted by Gasteiger charge is 2.24. The van der Waals surface area contributed by atoms with E-state index >= 15 is 0 Å². The molecule has 0 spiro atoms. The molecule has 0 aliphatic carbocycles. The Morgan fingerprint density at radius 3 is 2.65 bits per heavy atom. The fourth-order valence-electron chi connectivity index (χ4n) is 1.90. The number of hydrogen-bond donors (Lipinski definition) is 1. The van der Waals surface area contributed by atoms with Crippen LogP contribution in [0.1, 0.15) is 5.69 Å². The number of aromatic nitrogens is 6. The molecular formula is C11H12BrN7O3S. The molecule has 0 bridgehead atoms. The Balaban J connectivity index is 2.06. The number of aryl methyl sites for hydroxylation is 2. The number of rotatable bonds is 4. The maximum Gasteiger partial charge on any atom is 0.319 e. The van der Waals surface area contributed by atoms with Gasteiger partial charge >= 0.3 is 16.0 Å². The Morgan fingerprint density at radius 1 is 1.30 bits per heavy atom. The number of nitrogens with one attached hydrogen (secondary N) is 1. The fraction of sp³-hybridized carbons (Fsp3) is 0.273. The minimum absolute atomic E-state index is 0.146. The first-order valence-electron chi connectivity index (χ1n) is 6.30. The second-order valence-electron chi connectivity index (χ2n) is 4.65. The molecular weight excluding hydrogens is 390 g/mol. The number of methoxy groups -OCH3 is 1. The molecule has 0 radical (unpaired) electrons. The summed E-state index contributed by atoms with van der Waals surface area (Å²) in [7, 11) is -0.916. The summed E-state index contributed by atoms with van der Waals surface area (Å²) in [6.45, 7) is 1.74. The highest BCUT2D eigenvalue weighted by molar-refractivity contribution is 9.10. The highest BCUT2D eigenvalue weighted by Crippen LogP contribution is 2.22. The van der Waals surface area contributed by atoms with E-state index in [1.165, 1.54) is 16.3 Å². The van der Waals surface area contributed by atoms with Gasteiger partial charge in [0.25, 0.3) is 5.16 Å². The standard InChI is InChI=1S/C11H12BrN7O3S/c1-6-4-8-14-10(16-19(8)11(13-6)22-3)23(20,21)17-9-7(12)5-18(2)15-9/h4-5H,1-3H3,(H,15,17). The number of sulfonamides is 1. The molecule has 0 amide bonds. The number of nitrogens with zero attached hydrogens (tertiary/aromatic N) is 6. The molecule has 0 aromatic carbocycles. The summed E-state index contributed by atoms with van der Waals surface area (Å²) in [5.41, 5.74) is 0.945. The van der Waals surface area contributed by atoms with Crippen LogP contribution in [0, 0.1) is 6.92 Å². The van der Waals surface area contributed by atoms with E-state index in [2.05, 4.69) is 40.8 Å². The normalized spacial score (nSPS) is 11.8. The van der Waals surface area contributed by atoms with Crippen molar-refractivity contribution in [1.82, 2.24) is 29.4 Å². The Kier molecular flexibility index (Phi) is 3.72. The van der Waals surface area contributed by atoms with Gasteiger partial charge in [0.1, 0.15) is 0 Å². The van der Waals surface area contributed by atoms with E-state index in [9.17, 15) is 8.42 Å². The first-order chi connectivity index (χ1) is 10.8. The summed E-state index contributed by atoms with van der Waals surface area (Å²) in [5.74, 6) is 0.146. The van der Waals surface area contributed by atoms with E-state index in [4.69, 9.17) is 4.74 Å². The van der Waals surface area contributed by atoms with Crippen LogP contribution in [0.3, 0.4) is 0 Å². The van der Waals surface area contributed by atoms with Crippen molar-refractivity contribution in [3.8, 4) is 6.01 Å². The van der Waals surface area contributed by atoms with Crippen molar-refractivity contribution < 1.29 is 13.2 Å². The van der Waals surface area contributed by atoms with E-state index in [1.54, 1.807) is 26.2 Å². The second kappa shape index (κ2) is 5.45. The minimum Gasteiger partial charge on any atom is -0.467 e. The quantitative estimate of drug-likeness (QED) is 0.684. The zero-order valence-electron chi connectivity index (χ0n) is 12.3. The smallest absolute Gasteiger partial charge is 0.319 e. The monoisotopic (exact) mass is 401 g/mol. The van der Waals surface area contributed by atoms with Crippen LogP contribution >= 0.6 is 15.9 Å². The Bertz CT molecular complexity index is 995. The van der Waals surface area contributed by atoms with Gasteiger partial charge in [0.05, 0.1) is 11.6 Å². The van der Waals surface area contributed by atoms with Crippen LogP contribution in [-0.4, -0.2) is 44.9 Å². The lowest BCUT2D eigenvalue weighted by Crippen LogP contribution is -2.15. The summed E-state index contributed by atoms with van der Waals surface area (Å²) < 4.78 is 35.5. The molecule has 3 aromatic rings. The first kappa shape index (κ1) is 15.7. The van der Waals surface area contributed by atoms with Crippen molar-refractivity contribution in [2.75, 3.05) is 11.8 Å². The average molecular weight is 402 g/mol. The molecule has 12 heteroatoms. The van der Waals surface area contributed by atoms with Crippen LogP contribution in [-0.2, 0) is 17.1 Å². The third-order valence-corrected chi connectivity index (χ3v) is 4.54. The molecule has 3 heterocycles. The van der Waals surface area contributed by atoms with Crippen molar-refractivity contribution >= 4 is 37.4 Å². The molecule has 10 nitrogen and oxygen atoms in total. The summed E-state index contributed by atoms with van der Waals surface area (Å²) in [4.78, 5) is 8.13. The number of halogens is 1. The summed E-state index contributed by atoms with van der Waals surface area (Å²) >= 11 is 3.22. The van der Waals surface area contributed by atoms with Gasteiger partial charge in [-0.3, -0.25) is 9.40 Å². The predicted molar refractivity (Wildman–Crippen MR) is 83.8 cm³/mol. The highest BCUT2D eigenvalue weighted by atomic mass is 79.9. The molecule has 1 N–H and O–H groups in total. The molecule has 0 aliphatic heterocycles. The molecule has 0 atom stereocenters. The molecule has 3 rings (SSSR count). The summed E-state index contributed by atoms with van der Waals surface area (Å²) in [6.07, 6.45) is 1.62. The number of anilines is 1. The Labute approximate surface area is 139 Å². The summed E-state index contributed by atoms with van der Waals surface area (Å²) in [6, 6.07) is 1.75.